The van der Waals surface area contributed by atoms with E-state index in [1.165, 1.54) is 28.1 Å². The van der Waals surface area contributed by atoms with Gasteiger partial charge >= 0.3 is 7.82 Å². The quantitative estimate of drug-likeness (QED) is 0.0933. The maximum absolute atomic E-state index is 13.6. The van der Waals surface area contributed by atoms with Gasteiger partial charge in [0, 0.05) is 0 Å². The summed E-state index contributed by atoms with van der Waals surface area (Å²) in [5.41, 5.74) is 11.1. The maximum Gasteiger partial charge on any atom is 0.472 e. The van der Waals surface area contributed by atoms with Gasteiger partial charge in [-0.25, -0.2) is 24.5 Å². The van der Waals surface area contributed by atoms with Crippen LogP contribution in [0.2, 0.25) is 0 Å². The molecule has 7 rings (SSSR count). The molecule has 3 aliphatic heterocycles. The van der Waals surface area contributed by atoms with E-state index in [1.54, 1.807) is 0 Å². The minimum absolute atomic E-state index is 0.0472. The van der Waals surface area contributed by atoms with Crippen molar-refractivity contribution < 1.29 is 51.8 Å². The molecule has 3 fully saturated rings. The number of H-pyrrole nitrogens is 1. The molecule has 0 saturated carbocycles. The van der Waals surface area contributed by atoms with Gasteiger partial charge in [-0.15, -0.1) is 0 Å². The second-order valence-corrected chi connectivity index (χ2v) is 13.9. The highest BCUT2D eigenvalue weighted by Crippen LogP contribution is 2.53. The Morgan fingerprint density at radius 1 is 0.889 bits per heavy atom. The number of anilines is 2. The lowest BCUT2D eigenvalue weighted by Gasteiger charge is -2.27. The van der Waals surface area contributed by atoms with Gasteiger partial charge in [0.05, 0.1) is 25.9 Å². The first-order valence-electron chi connectivity index (χ1n) is 13.2. The van der Waals surface area contributed by atoms with Crippen molar-refractivity contribution in [1.29, 1.82) is 0 Å². The number of hydrogen-bond donors (Lipinski definition) is 6. The third-order valence-electron chi connectivity index (χ3n) is 7.45. The third kappa shape index (κ3) is 5.34. The van der Waals surface area contributed by atoms with Crippen molar-refractivity contribution in [3.63, 3.8) is 0 Å². The van der Waals surface area contributed by atoms with Crippen LogP contribution in [0.1, 0.15) is 12.5 Å². The van der Waals surface area contributed by atoms with Crippen LogP contribution in [0.25, 0.3) is 22.3 Å². The van der Waals surface area contributed by atoms with Crippen molar-refractivity contribution in [3.05, 3.63) is 29.3 Å². The first-order chi connectivity index (χ1) is 21.3. The SMILES string of the molecule is BP1(=O)OCC2OC(n3cnc4c(N)ncnc43)C(O)C2OP(=O)(O)OCC2OC(n3cnc4c(=O)[nH]c(N)nc43)C(O1)C2O. The molecule has 0 spiro atoms. The number of phosphoric ester groups is 1. The number of phosphoric acid groups is 1. The second-order valence-electron chi connectivity index (χ2n) is 10.4. The zero-order chi connectivity index (χ0) is 31.8. The number of ether oxygens (including phenoxy) is 2. The fraction of sp³-hybridized carbons (Fsp3) is 0.500. The van der Waals surface area contributed by atoms with E-state index in [0.29, 0.717) is 0 Å². The molecule has 10 unspecified atom stereocenters. The zero-order valence-electron chi connectivity index (χ0n) is 23.0. The molecule has 3 aliphatic rings. The predicted molar refractivity (Wildman–Crippen MR) is 150 cm³/mol. The zero-order valence-corrected chi connectivity index (χ0v) is 24.7. The highest BCUT2D eigenvalue weighted by molar-refractivity contribution is 7.79. The number of imidazole rings is 2. The van der Waals surface area contributed by atoms with E-state index in [-0.39, 0.29) is 34.1 Å². The Balaban J connectivity index is 1.21. The minimum atomic E-state index is -5.00. The second kappa shape index (κ2) is 10.9. The molecule has 8 N–H and O–H groups in total. The van der Waals surface area contributed by atoms with Crippen molar-refractivity contribution in [1.82, 2.24) is 39.0 Å². The van der Waals surface area contributed by atoms with Crippen molar-refractivity contribution in [3.8, 4) is 0 Å². The summed E-state index contributed by atoms with van der Waals surface area (Å²) in [7, 11) is -8.00. The lowest BCUT2D eigenvalue weighted by molar-refractivity contribution is -0.0621. The molecule has 240 valence electrons. The number of hydrogen-bond acceptors (Lipinski definition) is 18. The number of aliphatic hydroxyl groups excluding tert-OH is 2. The number of aromatic nitrogens is 8. The molecule has 45 heavy (non-hydrogen) atoms. The predicted octanol–water partition coefficient (Wildman–Crippen LogP) is -2.70. The van der Waals surface area contributed by atoms with Crippen LogP contribution in [0, 0.1) is 0 Å². The standard InChI is InChI=1S/C20H25BN10O12P2/c21-44(35)38-2-7-12(11(33)18(41-7)30-4-26-8-14(22)24-3-25-15(8)30)43-45(36,37)39-1-6-10(32)13(42-44)19(40-6)31-5-27-9-16(31)28-20(23)29-17(9)34/h3-7,10-13,18-19,32-33H,1-2,21H2,(H,36,37)(H2,22,24,25)(H3,23,28,29,34). The maximum atomic E-state index is 13.6. The largest absolute Gasteiger partial charge is 0.472 e. The number of rotatable bonds is 2. The van der Waals surface area contributed by atoms with Gasteiger partial charge in [-0.05, 0) is 0 Å². The lowest BCUT2D eigenvalue weighted by atomic mass is 10.1. The monoisotopic (exact) mass is 670 g/mol. The molecule has 4 aromatic heterocycles. The first-order valence-corrected chi connectivity index (χ1v) is 16.7. The molecule has 25 heteroatoms. The average Bonchev–Trinajstić information content (AvgIpc) is 3.72. The normalized spacial score (nSPS) is 37.7. The molecule has 0 amide bonds. The molecule has 0 radical (unpaired) electrons. The van der Waals surface area contributed by atoms with Crippen LogP contribution in [0.3, 0.4) is 0 Å². The van der Waals surface area contributed by atoms with Gasteiger partial charge in [0.1, 0.15) is 48.5 Å². The van der Waals surface area contributed by atoms with Gasteiger partial charge in [-0.2, -0.15) is 4.98 Å². The number of aromatic amines is 1. The van der Waals surface area contributed by atoms with Gasteiger partial charge in [-0.1, -0.05) is 0 Å². The van der Waals surface area contributed by atoms with E-state index in [2.05, 4.69) is 29.9 Å². The number of nitrogens with zero attached hydrogens (tertiary/aromatic N) is 7. The van der Waals surface area contributed by atoms with Crippen molar-refractivity contribution in [2.45, 2.75) is 49.1 Å². The van der Waals surface area contributed by atoms with Gasteiger partial charge in [0.2, 0.25) is 5.95 Å². The molecule has 10 atom stereocenters. The average molecular weight is 670 g/mol. The number of nitrogen functional groups attached to an aromatic ring is 2. The Hall–Kier alpha value is -3.34. The number of fused-ring (bicyclic) bond motifs is 5. The molecule has 4 aromatic rings. The fourth-order valence-electron chi connectivity index (χ4n) is 5.40. The summed E-state index contributed by atoms with van der Waals surface area (Å²) in [6.45, 7) is -1.32. The Morgan fingerprint density at radius 2 is 1.58 bits per heavy atom. The number of aliphatic hydroxyl groups is 2. The third-order valence-corrected chi connectivity index (χ3v) is 9.68. The smallest absolute Gasteiger partial charge is 0.387 e. The van der Waals surface area contributed by atoms with E-state index in [0.717, 1.165) is 7.57 Å². The molecule has 22 nitrogen and oxygen atoms in total. The molecular formula is C20H25BN10O12P2. The van der Waals surface area contributed by atoms with Gasteiger partial charge in [-0.3, -0.25) is 32.5 Å². The van der Waals surface area contributed by atoms with E-state index in [1.807, 2.05) is 0 Å². The van der Waals surface area contributed by atoms with Gasteiger partial charge in [0.25, 0.3) is 20.6 Å². The van der Waals surface area contributed by atoms with Crippen molar-refractivity contribution in [2.75, 3.05) is 24.7 Å². The summed E-state index contributed by atoms with van der Waals surface area (Å²) >= 11 is 0. The van der Waals surface area contributed by atoms with Crippen molar-refractivity contribution >= 4 is 57.0 Å². The molecule has 7 heterocycles. The van der Waals surface area contributed by atoms with Gasteiger partial charge < -0.3 is 45.1 Å². The number of nitrogens with two attached hydrogens (primary N) is 2. The van der Waals surface area contributed by atoms with E-state index in [4.69, 9.17) is 39.0 Å². The minimum Gasteiger partial charge on any atom is -0.387 e. The first kappa shape index (κ1) is 30.3. The van der Waals surface area contributed by atoms with Crippen LogP contribution < -0.4 is 17.0 Å². The van der Waals surface area contributed by atoms with Crippen LogP contribution in [-0.4, -0.2) is 112 Å². The van der Waals surface area contributed by atoms with Gasteiger partial charge in [0.15, 0.2) is 35.1 Å². The van der Waals surface area contributed by atoms with E-state index >= 15 is 0 Å². The Bertz CT molecular complexity index is 1940. The highest BCUT2D eigenvalue weighted by Gasteiger charge is 2.53. The fourth-order valence-corrected chi connectivity index (χ4v) is 7.52. The molecule has 3 saturated heterocycles. The van der Waals surface area contributed by atoms with Crippen LogP contribution in [-0.2, 0) is 36.7 Å². The van der Waals surface area contributed by atoms with Crippen molar-refractivity contribution in [2.24, 2.45) is 0 Å². The summed E-state index contributed by atoms with van der Waals surface area (Å²) in [5.74, 6) is -0.167. The van der Waals surface area contributed by atoms with Crippen LogP contribution >= 0.6 is 15.3 Å². The van der Waals surface area contributed by atoms with E-state index < -0.39 is 83.1 Å². The number of nitrogens with one attached hydrogen (secondary N) is 1. The lowest BCUT2D eigenvalue weighted by Crippen LogP contribution is -2.36. The molecule has 2 bridgehead atoms. The summed E-state index contributed by atoms with van der Waals surface area (Å²) in [6.07, 6.45) is -7.93. The summed E-state index contributed by atoms with van der Waals surface area (Å²) in [4.78, 5) is 45.5. The highest BCUT2D eigenvalue weighted by atomic mass is 31.2. The van der Waals surface area contributed by atoms with E-state index in [9.17, 15) is 29.0 Å². The Morgan fingerprint density at radius 3 is 2.36 bits per heavy atom. The molecule has 0 aliphatic carbocycles. The molecular weight excluding hydrogens is 645 g/mol. The molecule has 0 aromatic carbocycles. The topological polar surface area (TPSA) is 309 Å². The Kier molecular flexibility index (Phi) is 7.34. The Labute approximate surface area is 251 Å². The summed E-state index contributed by atoms with van der Waals surface area (Å²) in [6, 6.07) is 0. The summed E-state index contributed by atoms with van der Waals surface area (Å²) in [5, 5.41) is 22.3. The van der Waals surface area contributed by atoms with Crippen LogP contribution in [0.4, 0.5) is 11.8 Å². The summed E-state index contributed by atoms with van der Waals surface area (Å²) < 4.78 is 63.0. The van der Waals surface area contributed by atoms with Crippen LogP contribution in [0.5, 0.6) is 0 Å². The van der Waals surface area contributed by atoms with Crippen LogP contribution in [0.15, 0.2) is 23.8 Å².